The summed E-state index contributed by atoms with van der Waals surface area (Å²) in [6.45, 7) is 0. The molecule has 0 atom stereocenters. The quantitative estimate of drug-likeness (QED) is 0.572. The fraction of sp³-hybridized carbons (Fsp3) is 0.167. The number of benzene rings is 2. The van der Waals surface area contributed by atoms with Crippen molar-refractivity contribution in [2.24, 2.45) is 0 Å². The molecule has 116 valence electrons. The van der Waals surface area contributed by atoms with Crippen molar-refractivity contribution in [2.75, 3.05) is 12.0 Å². The van der Waals surface area contributed by atoms with E-state index in [0.717, 1.165) is 51.2 Å². The Kier molecular flexibility index (Phi) is 3.58. The van der Waals surface area contributed by atoms with Gasteiger partial charge in [0, 0.05) is 34.8 Å². The third kappa shape index (κ3) is 2.61. The van der Waals surface area contributed by atoms with Crippen LogP contribution in [-0.2, 0) is 6.42 Å². The molecule has 0 saturated carbocycles. The Morgan fingerprint density at radius 3 is 3.00 bits per heavy atom. The van der Waals surface area contributed by atoms with Crippen LogP contribution in [0.2, 0.25) is 0 Å². The Balaban J connectivity index is 1.78. The average Bonchev–Trinajstić information content (AvgIpc) is 3.14. The number of nitrogens with one attached hydrogen (secondary N) is 1. The molecule has 4 aromatic rings. The number of nitrogens with zero attached hydrogens (tertiary/aromatic N) is 1. The van der Waals surface area contributed by atoms with E-state index in [1.807, 2.05) is 24.4 Å². The molecule has 23 heavy (non-hydrogen) atoms. The number of thioether (sulfide) groups is 1. The zero-order chi connectivity index (χ0) is 15.8. The summed E-state index contributed by atoms with van der Waals surface area (Å²) in [5.41, 5.74) is 4.53. The van der Waals surface area contributed by atoms with Crippen molar-refractivity contribution in [1.29, 1.82) is 0 Å². The van der Waals surface area contributed by atoms with Crippen molar-refractivity contribution in [3.63, 3.8) is 0 Å². The van der Waals surface area contributed by atoms with Gasteiger partial charge >= 0.3 is 0 Å². The van der Waals surface area contributed by atoms with E-state index in [1.54, 1.807) is 17.8 Å². The summed E-state index contributed by atoms with van der Waals surface area (Å²) in [7, 11) is 0. The van der Waals surface area contributed by atoms with Gasteiger partial charge in [-0.3, -0.25) is 0 Å². The summed E-state index contributed by atoms with van der Waals surface area (Å²) < 4.78 is 19.1. The molecular formula is C18H15FN2OS. The molecule has 1 N–H and O–H groups in total. The van der Waals surface area contributed by atoms with Crippen LogP contribution in [-0.4, -0.2) is 22.0 Å². The van der Waals surface area contributed by atoms with Crippen LogP contribution in [0.15, 0.2) is 47.0 Å². The van der Waals surface area contributed by atoms with Crippen LogP contribution in [0.3, 0.4) is 0 Å². The van der Waals surface area contributed by atoms with Crippen LogP contribution >= 0.6 is 11.8 Å². The summed E-state index contributed by atoms with van der Waals surface area (Å²) in [6.07, 6.45) is 4.80. The van der Waals surface area contributed by atoms with E-state index in [0.29, 0.717) is 0 Å². The van der Waals surface area contributed by atoms with Crippen LogP contribution in [0.25, 0.3) is 33.1 Å². The standard InChI is InChI=1S/C18H15FN2OS/c1-23-7-6-18-21-16-8-11(2-5-17(16)22-18)14-10-20-15-9-12(19)3-4-13(14)15/h2-5,8-10,20H,6-7H2,1H3. The number of fused-ring (bicyclic) bond motifs is 2. The van der Waals surface area contributed by atoms with Crippen molar-refractivity contribution in [3.8, 4) is 11.1 Å². The largest absolute Gasteiger partial charge is 0.441 e. The molecule has 0 aliphatic heterocycles. The highest BCUT2D eigenvalue weighted by Crippen LogP contribution is 2.31. The first-order valence-corrected chi connectivity index (χ1v) is 8.79. The van der Waals surface area contributed by atoms with Crippen LogP contribution in [0.5, 0.6) is 0 Å². The summed E-state index contributed by atoms with van der Waals surface area (Å²) in [5, 5.41) is 0.997. The molecular weight excluding hydrogens is 311 g/mol. The number of halogens is 1. The summed E-state index contributed by atoms with van der Waals surface area (Å²) >= 11 is 1.78. The second-order valence-electron chi connectivity index (χ2n) is 5.43. The molecule has 2 aromatic heterocycles. The number of aromatic amines is 1. The lowest BCUT2D eigenvalue weighted by molar-refractivity contribution is 0.539. The molecule has 2 heterocycles. The van der Waals surface area contributed by atoms with Gasteiger partial charge in [-0.15, -0.1) is 0 Å². The second kappa shape index (κ2) is 5.74. The molecule has 0 bridgehead atoms. The minimum atomic E-state index is -0.240. The van der Waals surface area contributed by atoms with Gasteiger partial charge in [0.15, 0.2) is 11.5 Å². The first-order chi connectivity index (χ1) is 11.2. The van der Waals surface area contributed by atoms with Gasteiger partial charge in [-0.1, -0.05) is 6.07 Å². The van der Waals surface area contributed by atoms with Crippen molar-refractivity contribution < 1.29 is 8.81 Å². The lowest BCUT2D eigenvalue weighted by atomic mass is 10.0. The molecule has 3 nitrogen and oxygen atoms in total. The highest BCUT2D eigenvalue weighted by Gasteiger charge is 2.10. The van der Waals surface area contributed by atoms with Gasteiger partial charge in [-0.25, -0.2) is 9.37 Å². The lowest BCUT2D eigenvalue weighted by Gasteiger charge is -1.99. The predicted molar refractivity (Wildman–Crippen MR) is 93.3 cm³/mol. The Bertz CT molecular complexity index is 989. The third-order valence-corrected chi connectivity index (χ3v) is 4.52. The SMILES string of the molecule is CSCCc1nc2cc(-c3c[nH]c4cc(F)ccc34)ccc2o1. The summed E-state index contributed by atoms with van der Waals surface area (Å²) in [4.78, 5) is 7.69. The fourth-order valence-electron chi connectivity index (χ4n) is 2.78. The summed E-state index contributed by atoms with van der Waals surface area (Å²) in [6, 6.07) is 10.8. The lowest BCUT2D eigenvalue weighted by Crippen LogP contribution is -1.86. The maximum atomic E-state index is 13.3. The predicted octanol–water partition coefficient (Wildman–Crippen LogP) is 5.02. The normalized spacial score (nSPS) is 11.6. The van der Waals surface area contributed by atoms with E-state index in [-0.39, 0.29) is 5.82 Å². The summed E-state index contributed by atoms with van der Waals surface area (Å²) in [5.74, 6) is 1.53. The van der Waals surface area contributed by atoms with Crippen molar-refractivity contribution >= 4 is 33.8 Å². The first kappa shape index (κ1) is 14.3. The van der Waals surface area contributed by atoms with Gasteiger partial charge in [-0.05, 0) is 42.2 Å². The first-order valence-electron chi connectivity index (χ1n) is 7.40. The van der Waals surface area contributed by atoms with Gasteiger partial charge in [-0.2, -0.15) is 11.8 Å². The van der Waals surface area contributed by atoms with E-state index in [9.17, 15) is 4.39 Å². The highest BCUT2D eigenvalue weighted by atomic mass is 32.2. The Labute approximate surface area is 136 Å². The molecule has 0 fully saturated rings. The molecule has 0 spiro atoms. The van der Waals surface area contributed by atoms with Gasteiger partial charge in [0.2, 0.25) is 0 Å². The van der Waals surface area contributed by atoms with Gasteiger partial charge < -0.3 is 9.40 Å². The van der Waals surface area contributed by atoms with Crippen LogP contribution in [0, 0.1) is 5.82 Å². The highest BCUT2D eigenvalue weighted by molar-refractivity contribution is 7.98. The molecule has 4 rings (SSSR count). The minimum Gasteiger partial charge on any atom is -0.441 e. The number of oxazole rings is 1. The fourth-order valence-corrected chi connectivity index (χ4v) is 3.15. The molecule has 0 radical (unpaired) electrons. The Morgan fingerprint density at radius 2 is 2.13 bits per heavy atom. The van der Waals surface area contributed by atoms with Crippen LogP contribution in [0.1, 0.15) is 5.89 Å². The van der Waals surface area contributed by atoms with E-state index in [4.69, 9.17) is 4.42 Å². The number of aryl methyl sites for hydroxylation is 1. The van der Waals surface area contributed by atoms with Crippen molar-refractivity contribution in [3.05, 3.63) is 54.3 Å². The monoisotopic (exact) mass is 326 g/mol. The second-order valence-corrected chi connectivity index (χ2v) is 6.41. The van der Waals surface area contributed by atoms with E-state index in [2.05, 4.69) is 16.2 Å². The zero-order valence-electron chi connectivity index (χ0n) is 12.6. The van der Waals surface area contributed by atoms with E-state index >= 15 is 0 Å². The molecule has 0 aliphatic carbocycles. The maximum Gasteiger partial charge on any atom is 0.196 e. The molecule has 5 heteroatoms. The Hall–Kier alpha value is -2.27. The third-order valence-electron chi connectivity index (χ3n) is 3.91. The maximum absolute atomic E-state index is 13.3. The van der Waals surface area contributed by atoms with Crippen LogP contribution < -0.4 is 0 Å². The molecule has 0 saturated heterocycles. The van der Waals surface area contributed by atoms with Gasteiger partial charge in [0.1, 0.15) is 11.3 Å². The van der Waals surface area contributed by atoms with E-state index < -0.39 is 0 Å². The van der Waals surface area contributed by atoms with Gasteiger partial charge in [0.05, 0.1) is 0 Å². The smallest absolute Gasteiger partial charge is 0.196 e. The molecule has 0 unspecified atom stereocenters. The molecule has 0 amide bonds. The van der Waals surface area contributed by atoms with Crippen LogP contribution in [0.4, 0.5) is 4.39 Å². The number of aromatic nitrogens is 2. The Morgan fingerprint density at radius 1 is 1.22 bits per heavy atom. The molecule has 2 aromatic carbocycles. The van der Waals surface area contributed by atoms with Gasteiger partial charge in [0.25, 0.3) is 0 Å². The number of hydrogen-bond acceptors (Lipinski definition) is 3. The van der Waals surface area contributed by atoms with Crippen molar-refractivity contribution in [2.45, 2.75) is 6.42 Å². The minimum absolute atomic E-state index is 0.240. The average molecular weight is 326 g/mol. The van der Waals surface area contributed by atoms with Crippen molar-refractivity contribution in [1.82, 2.24) is 9.97 Å². The number of rotatable bonds is 4. The number of H-pyrrole nitrogens is 1. The topological polar surface area (TPSA) is 41.8 Å². The molecule has 0 aliphatic rings. The van der Waals surface area contributed by atoms with E-state index in [1.165, 1.54) is 12.1 Å². The number of hydrogen-bond donors (Lipinski definition) is 1. The zero-order valence-corrected chi connectivity index (χ0v) is 13.4.